The molecule has 6 heteroatoms. The minimum Gasteiger partial charge on any atom is -0.311 e. The summed E-state index contributed by atoms with van der Waals surface area (Å²) in [5, 5.41) is 4.26. The van der Waals surface area contributed by atoms with Gasteiger partial charge in [0.05, 0.1) is 25.0 Å². The fourth-order valence-corrected chi connectivity index (χ4v) is 4.25. The standard InChI is InChI=1S/C24H19BrN4O/c1-28-15-20(13-27-28)24-22-10-17(5-6-19(22)12-26-24)18-7-8-29(23(30)11-18)14-16-3-2-4-21(25)9-16/h2-11,13,15H,12,14H2,1H3. The van der Waals surface area contributed by atoms with E-state index in [2.05, 4.69) is 39.2 Å². The number of halogens is 1. The molecule has 3 heterocycles. The number of aliphatic imine (C=N–C) groups is 1. The van der Waals surface area contributed by atoms with Gasteiger partial charge in [-0.05, 0) is 46.5 Å². The maximum absolute atomic E-state index is 12.7. The summed E-state index contributed by atoms with van der Waals surface area (Å²) in [5.41, 5.74) is 7.26. The second kappa shape index (κ2) is 7.54. The number of rotatable bonds is 4. The van der Waals surface area contributed by atoms with Crippen LogP contribution in [0.5, 0.6) is 0 Å². The molecule has 0 N–H and O–H groups in total. The van der Waals surface area contributed by atoms with Crippen LogP contribution >= 0.6 is 15.9 Å². The van der Waals surface area contributed by atoms with Gasteiger partial charge in [0.2, 0.25) is 0 Å². The molecule has 30 heavy (non-hydrogen) atoms. The summed E-state index contributed by atoms with van der Waals surface area (Å²) in [6.07, 6.45) is 5.68. The Hall–Kier alpha value is -3.25. The molecule has 0 radical (unpaired) electrons. The third-order valence-corrected chi connectivity index (χ3v) is 5.82. The zero-order valence-electron chi connectivity index (χ0n) is 16.4. The fourth-order valence-electron chi connectivity index (χ4n) is 3.80. The van der Waals surface area contributed by atoms with Crippen molar-refractivity contribution in [3.05, 3.63) is 110 Å². The van der Waals surface area contributed by atoms with Crippen LogP contribution in [-0.4, -0.2) is 20.1 Å². The zero-order valence-corrected chi connectivity index (χ0v) is 18.0. The van der Waals surface area contributed by atoms with Gasteiger partial charge in [-0.2, -0.15) is 5.10 Å². The topological polar surface area (TPSA) is 52.2 Å². The fraction of sp³-hybridized carbons (Fsp3) is 0.125. The van der Waals surface area contributed by atoms with Gasteiger partial charge in [-0.15, -0.1) is 0 Å². The lowest BCUT2D eigenvalue weighted by atomic mass is 9.97. The van der Waals surface area contributed by atoms with Crippen LogP contribution in [0.4, 0.5) is 0 Å². The summed E-state index contributed by atoms with van der Waals surface area (Å²) < 4.78 is 4.51. The van der Waals surface area contributed by atoms with Gasteiger partial charge in [0, 0.05) is 41.1 Å². The molecule has 0 amide bonds. The molecular weight excluding hydrogens is 440 g/mol. The van der Waals surface area contributed by atoms with Crippen molar-refractivity contribution in [1.82, 2.24) is 14.3 Å². The van der Waals surface area contributed by atoms with E-state index in [-0.39, 0.29) is 5.56 Å². The summed E-state index contributed by atoms with van der Waals surface area (Å²) in [7, 11) is 1.90. The van der Waals surface area contributed by atoms with Crippen molar-refractivity contribution in [1.29, 1.82) is 0 Å². The molecule has 2 aromatic carbocycles. The first-order chi connectivity index (χ1) is 14.6. The van der Waals surface area contributed by atoms with E-state index in [0.717, 1.165) is 38.0 Å². The molecule has 148 valence electrons. The molecule has 2 aromatic heterocycles. The average Bonchev–Trinajstić information content (AvgIpc) is 3.35. The summed E-state index contributed by atoms with van der Waals surface area (Å²) in [6, 6.07) is 18.0. The second-order valence-electron chi connectivity index (χ2n) is 7.45. The van der Waals surface area contributed by atoms with Crippen LogP contribution in [-0.2, 0) is 20.1 Å². The summed E-state index contributed by atoms with van der Waals surface area (Å²) >= 11 is 3.48. The Bertz CT molecular complexity index is 1350. The first-order valence-corrected chi connectivity index (χ1v) is 10.5. The molecule has 5 rings (SSSR count). The van der Waals surface area contributed by atoms with Crippen molar-refractivity contribution < 1.29 is 0 Å². The molecule has 5 nitrogen and oxygen atoms in total. The highest BCUT2D eigenvalue weighted by Gasteiger charge is 2.19. The third kappa shape index (κ3) is 3.55. The highest BCUT2D eigenvalue weighted by Crippen LogP contribution is 2.28. The van der Waals surface area contributed by atoms with Crippen LogP contribution in [0.15, 0.2) is 87.4 Å². The Morgan fingerprint density at radius 1 is 1.03 bits per heavy atom. The Kier molecular flexibility index (Phi) is 4.71. The van der Waals surface area contributed by atoms with Crippen molar-refractivity contribution in [3.63, 3.8) is 0 Å². The van der Waals surface area contributed by atoms with E-state index in [1.165, 1.54) is 5.56 Å². The Morgan fingerprint density at radius 3 is 2.67 bits per heavy atom. The van der Waals surface area contributed by atoms with Gasteiger partial charge in [0.1, 0.15) is 0 Å². The highest BCUT2D eigenvalue weighted by atomic mass is 79.9. The molecule has 0 saturated heterocycles. The number of nitrogens with zero attached hydrogens (tertiary/aromatic N) is 4. The molecule has 4 aromatic rings. The number of fused-ring (bicyclic) bond motifs is 1. The van der Waals surface area contributed by atoms with Crippen molar-refractivity contribution >= 4 is 21.6 Å². The summed E-state index contributed by atoms with van der Waals surface area (Å²) in [5.74, 6) is 0. The van der Waals surface area contributed by atoms with E-state index in [9.17, 15) is 4.79 Å². The Labute approximate surface area is 182 Å². The molecule has 0 unspecified atom stereocenters. The first-order valence-electron chi connectivity index (χ1n) is 9.69. The lowest BCUT2D eigenvalue weighted by Crippen LogP contribution is -2.19. The number of pyridine rings is 1. The lowest BCUT2D eigenvalue weighted by molar-refractivity contribution is 0.760. The molecule has 0 fully saturated rings. The molecule has 0 saturated carbocycles. The van der Waals surface area contributed by atoms with Crippen LogP contribution in [0.25, 0.3) is 11.1 Å². The zero-order chi connectivity index (χ0) is 20.7. The number of hydrogen-bond donors (Lipinski definition) is 0. The van der Waals surface area contributed by atoms with E-state index in [1.807, 2.05) is 56.0 Å². The van der Waals surface area contributed by atoms with Crippen molar-refractivity contribution in [3.8, 4) is 11.1 Å². The largest absolute Gasteiger partial charge is 0.311 e. The summed E-state index contributed by atoms with van der Waals surface area (Å²) in [6.45, 7) is 1.22. The maximum Gasteiger partial charge on any atom is 0.251 e. The molecule has 0 aliphatic carbocycles. The predicted octanol–water partition coefficient (Wildman–Crippen LogP) is 4.41. The van der Waals surface area contributed by atoms with Crippen molar-refractivity contribution in [2.45, 2.75) is 13.1 Å². The van der Waals surface area contributed by atoms with Crippen LogP contribution in [0, 0.1) is 0 Å². The normalized spacial score (nSPS) is 12.7. The molecular formula is C24H19BrN4O. The highest BCUT2D eigenvalue weighted by molar-refractivity contribution is 9.10. The predicted molar refractivity (Wildman–Crippen MR) is 122 cm³/mol. The maximum atomic E-state index is 12.7. The first kappa shape index (κ1) is 18.8. The van der Waals surface area contributed by atoms with Crippen LogP contribution in [0.3, 0.4) is 0 Å². The molecule has 1 aliphatic heterocycles. The van der Waals surface area contributed by atoms with E-state index in [1.54, 1.807) is 15.3 Å². The molecule has 0 bridgehead atoms. The number of hydrogen-bond acceptors (Lipinski definition) is 3. The number of benzene rings is 2. The van der Waals surface area contributed by atoms with Gasteiger partial charge in [-0.25, -0.2) is 0 Å². The molecule has 1 aliphatic rings. The van der Waals surface area contributed by atoms with Crippen LogP contribution in [0.1, 0.15) is 22.3 Å². The minimum absolute atomic E-state index is 0.0193. The second-order valence-corrected chi connectivity index (χ2v) is 8.37. The third-order valence-electron chi connectivity index (χ3n) is 5.32. The minimum atomic E-state index is -0.0193. The van der Waals surface area contributed by atoms with Crippen LogP contribution < -0.4 is 5.56 Å². The Morgan fingerprint density at radius 2 is 1.90 bits per heavy atom. The number of aromatic nitrogens is 3. The van der Waals surface area contributed by atoms with Gasteiger partial charge in [0.15, 0.2) is 0 Å². The SMILES string of the molecule is Cn1cc(C2=NCc3ccc(-c4ccn(Cc5cccc(Br)c5)c(=O)c4)cc32)cn1. The van der Waals surface area contributed by atoms with Crippen LogP contribution in [0.2, 0.25) is 0 Å². The van der Waals surface area contributed by atoms with E-state index in [0.29, 0.717) is 13.1 Å². The average molecular weight is 459 g/mol. The van der Waals surface area contributed by atoms with Gasteiger partial charge >= 0.3 is 0 Å². The van der Waals surface area contributed by atoms with E-state index in [4.69, 9.17) is 4.99 Å². The molecule has 0 spiro atoms. The van der Waals surface area contributed by atoms with Gasteiger partial charge < -0.3 is 4.57 Å². The van der Waals surface area contributed by atoms with Gasteiger partial charge in [-0.3, -0.25) is 14.5 Å². The molecule has 0 atom stereocenters. The van der Waals surface area contributed by atoms with Gasteiger partial charge in [-0.1, -0.05) is 40.2 Å². The van der Waals surface area contributed by atoms with Crippen molar-refractivity contribution in [2.24, 2.45) is 12.0 Å². The monoisotopic (exact) mass is 458 g/mol. The quantitative estimate of drug-likeness (QED) is 0.454. The smallest absolute Gasteiger partial charge is 0.251 e. The van der Waals surface area contributed by atoms with E-state index >= 15 is 0 Å². The Balaban J connectivity index is 1.46. The lowest BCUT2D eigenvalue weighted by Gasteiger charge is -2.10. The summed E-state index contributed by atoms with van der Waals surface area (Å²) in [4.78, 5) is 17.4. The van der Waals surface area contributed by atoms with Crippen molar-refractivity contribution in [2.75, 3.05) is 0 Å². The number of aryl methyl sites for hydroxylation is 1. The van der Waals surface area contributed by atoms with Gasteiger partial charge in [0.25, 0.3) is 5.56 Å². The van der Waals surface area contributed by atoms with E-state index < -0.39 is 0 Å².